The van der Waals surface area contributed by atoms with E-state index in [1.54, 1.807) is 18.2 Å². The fourth-order valence-electron chi connectivity index (χ4n) is 4.54. The Labute approximate surface area is 169 Å². The molecule has 1 aliphatic carbocycles. The van der Waals surface area contributed by atoms with E-state index in [9.17, 15) is 9.50 Å². The molecule has 2 aliphatic rings. The van der Waals surface area contributed by atoms with Crippen molar-refractivity contribution in [2.24, 2.45) is 5.92 Å². The first kappa shape index (κ1) is 19.2. The number of hydrogen-bond acceptors (Lipinski definition) is 3. The van der Waals surface area contributed by atoms with Crippen LogP contribution in [0.15, 0.2) is 36.4 Å². The monoisotopic (exact) mass is 399 g/mol. The molecule has 2 aromatic rings. The molecular formula is C23H23ClFNO2. The van der Waals surface area contributed by atoms with Crippen LogP contribution in [0.4, 0.5) is 4.39 Å². The molecule has 0 radical (unpaired) electrons. The number of fused-ring (bicyclic) bond motifs is 1. The van der Waals surface area contributed by atoms with Gasteiger partial charge in [-0.2, -0.15) is 5.26 Å². The number of hydrogen-bond donors (Lipinski definition) is 1. The molecule has 28 heavy (non-hydrogen) atoms. The van der Waals surface area contributed by atoms with Gasteiger partial charge in [-0.25, -0.2) is 4.39 Å². The SMILES string of the molecule is CC1(CC(O)(Cc2ccc(C#N)cc2Cl)C2CC2)CCOc2ccc(F)cc21. The van der Waals surface area contributed by atoms with E-state index in [0.29, 0.717) is 35.8 Å². The van der Waals surface area contributed by atoms with Gasteiger partial charge in [-0.05, 0) is 67.5 Å². The zero-order valence-corrected chi connectivity index (χ0v) is 16.6. The Morgan fingerprint density at radius 3 is 2.79 bits per heavy atom. The Hall–Kier alpha value is -2.09. The molecular weight excluding hydrogens is 377 g/mol. The summed E-state index contributed by atoms with van der Waals surface area (Å²) in [6.07, 6.45) is 3.61. The summed E-state index contributed by atoms with van der Waals surface area (Å²) < 4.78 is 19.7. The van der Waals surface area contributed by atoms with Crippen LogP contribution in [0.3, 0.4) is 0 Å². The van der Waals surface area contributed by atoms with Crippen LogP contribution in [0.1, 0.15) is 49.3 Å². The number of benzene rings is 2. The minimum absolute atomic E-state index is 0.205. The number of rotatable bonds is 5. The first-order valence-electron chi connectivity index (χ1n) is 9.67. The molecule has 4 rings (SSSR count). The number of halogens is 2. The van der Waals surface area contributed by atoms with E-state index in [1.165, 1.54) is 12.1 Å². The van der Waals surface area contributed by atoms with Crippen molar-refractivity contribution in [3.05, 3.63) is 63.9 Å². The molecule has 3 nitrogen and oxygen atoms in total. The number of aliphatic hydroxyl groups is 1. The molecule has 0 amide bonds. The first-order chi connectivity index (χ1) is 13.3. The minimum atomic E-state index is -0.937. The van der Waals surface area contributed by atoms with E-state index in [1.807, 2.05) is 6.07 Å². The van der Waals surface area contributed by atoms with E-state index in [4.69, 9.17) is 21.6 Å². The van der Waals surface area contributed by atoms with E-state index in [2.05, 4.69) is 13.0 Å². The van der Waals surface area contributed by atoms with E-state index in [-0.39, 0.29) is 17.2 Å². The highest BCUT2D eigenvalue weighted by Gasteiger charge is 2.49. The van der Waals surface area contributed by atoms with Crippen molar-refractivity contribution in [3.8, 4) is 11.8 Å². The van der Waals surface area contributed by atoms with Gasteiger partial charge in [0.2, 0.25) is 0 Å². The second kappa shape index (κ2) is 7.06. The molecule has 2 aromatic carbocycles. The maximum absolute atomic E-state index is 14.0. The lowest BCUT2D eigenvalue weighted by Gasteiger charge is -2.42. The molecule has 0 saturated heterocycles. The van der Waals surface area contributed by atoms with E-state index in [0.717, 1.165) is 30.4 Å². The van der Waals surface area contributed by atoms with Gasteiger partial charge in [0.05, 0.1) is 23.8 Å². The van der Waals surface area contributed by atoms with Crippen LogP contribution in [0.2, 0.25) is 5.02 Å². The maximum atomic E-state index is 14.0. The summed E-state index contributed by atoms with van der Waals surface area (Å²) in [7, 11) is 0. The van der Waals surface area contributed by atoms with Crippen LogP contribution in [0.5, 0.6) is 5.75 Å². The Morgan fingerprint density at radius 2 is 2.11 bits per heavy atom. The lowest BCUT2D eigenvalue weighted by atomic mass is 9.68. The van der Waals surface area contributed by atoms with Crippen molar-refractivity contribution >= 4 is 11.6 Å². The quantitative estimate of drug-likeness (QED) is 0.755. The van der Waals surface area contributed by atoms with Crippen molar-refractivity contribution in [1.29, 1.82) is 5.26 Å². The molecule has 1 N–H and O–H groups in total. The second-order valence-corrected chi connectivity index (χ2v) is 8.86. The largest absolute Gasteiger partial charge is 0.493 e. The molecule has 2 atom stereocenters. The molecule has 0 spiro atoms. The van der Waals surface area contributed by atoms with Crippen molar-refractivity contribution in [1.82, 2.24) is 0 Å². The highest BCUT2D eigenvalue weighted by molar-refractivity contribution is 6.31. The van der Waals surface area contributed by atoms with Crippen LogP contribution in [0.25, 0.3) is 0 Å². The topological polar surface area (TPSA) is 53.2 Å². The molecule has 1 heterocycles. The summed E-state index contributed by atoms with van der Waals surface area (Å²) in [4.78, 5) is 0. The van der Waals surface area contributed by atoms with Gasteiger partial charge in [0.25, 0.3) is 0 Å². The van der Waals surface area contributed by atoms with Crippen molar-refractivity contribution in [2.45, 2.75) is 50.0 Å². The fourth-order valence-corrected chi connectivity index (χ4v) is 4.79. The smallest absolute Gasteiger partial charge is 0.123 e. The van der Waals surface area contributed by atoms with Gasteiger partial charge in [0.15, 0.2) is 0 Å². The normalized spacial score (nSPS) is 23.2. The van der Waals surface area contributed by atoms with Crippen LogP contribution >= 0.6 is 11.6 Å². The summed E-state index contributed by atoms with van der Waals surface area (Å²) in [5.41, 5.74) is 0.845. The standard InChI is InChI=1S/C23H23ClFNO2/c1-22(8-9-28-21-7-6-18(25)11-19(21)22)14-23(27,17-4-5-17)12-16-3-2-15(13-26)10-20(16)24/h2-3,6-7,10-11,17,27H,4-5,8-9,12,14H2,1H3. The van der Waals surface area contributed by atoms with Crippen LogP contribution in [-0.2, 0) is 11.8 Å². The number of ether oxygens (including phenoxy) is 1. The Kier molecular flexibility index (Phi) is 4.85. The Morgan fingerprint density at radius 1 is 1.32 bits per heavy atom. The van der Waals surface area contributed by atoms with Gasteiger partial charge in [-0.15, -0.1) is 0 Å². The van der Waals surface area contributed by atoms with E-state index < -0.39 is 5.60 Å². The fraction of sp³-hybridized carbons (Fsp3) is 0.435. The number of nitrogens with zero attached hydrogens (tertiary/aromatic N) is 1. The Balaban J connectivity index is 1.66. The molecule has 1 fully saturated rings. The summed E-state index contributed by atoms with van der Waals surface area (Å²) in [6.45, 7) is 2.63. The molecule has 0 bridgehead atoms. The third-order valence-corrected chi connectivity index (χ3v) is 6.57. The number of nitriles is 1. The van der Waals surface area contributed by atoms with Gasteiger partial charge in [0.1, 0.15) is 11.6 Å². The van der Waals surface area contributed by atoms with Crippen molar-refractivity contribution in [3.63, 3.8) is 0 Å². The molecule has 5 heteroatoms. The molecule has 1 saturated carbocycles. The summed E-state index contributed by atoms with van der Waals surface area (Å²) in [5.74, 6) is 0.612. The average molecular weight is 400 g/mol. The first-order valence-corrected chi connectivity index (χ1v) is 10.0. The molecule has 0 aromatic heterocycles. The van der Waals surface area contributed by atoms with Gasteiger partial charge in [-0.1, -0.05) is 24.6 Å². The Bertz CT molecular complexity index is 952. The highest BCUT2D eigenvalue weighted by Crippen LogP contribution is 2.51. The lowest BCUT2D eigenvalue weighted by molar-refractivity contribution is -0.0163. The summed E-state index contributed by atoms with van der Waals surface area (Å²) >= 11 is 6.39. The molecule has 1 aliphatic heterocycles. The van der Waals surface area contributed by atoms with Crippen molar-refractivity contribution < 1.29 is 14.2 Å². The van der Waals surface area contributed by atoms with Gasteiger partial charge in [-0.3, -0.25) is 0 Å². The zero-order valence-electron chi connectivity index (χ0n) is 15.8. The van der Waals surface area contributed by atoms with Crippen LogP contribution < -0.4 is 4.74 Å². The summed E-state index contributed by atoms with van der Waals surface area (Å²) in [5, 5.41) is 21.3. The second-order valence-electron chi connectivity index (χ2n) is 8.45. The maximum Gasteiger partial charge on any atom is 0.123 e. The van der Waals surface area contributed by atoms with Gasteiger partial charge >= 0.3 is 0 Å². The minimum Gasteiger partial charge on any atom is -0.493 e. The molecule has 146 valence electrons. The predicted octanol–water partition coefficient (Wildman–Crippen LogP) is 5.16. The predicted molar refractivity (Wildman–Crippen MR) is 106 cm³/mol. The van der Waals surface area contributed by atoms with Crippen molar-refractivity contribution in [2.75, 3.05) is 6.61 Å². The van der Waals surface area contributed by atoms with E-state index >= 15 is 0 Å². The van der Waals surface area contributed by atoms with Crippen LogP contribution in [-0.4, -0.2) is 17.3 Å². The van der Waals surface area contributed by atoms with Gasteiger partial charge in [0, 0.05) is 22.4 Å². The third-order valence-electron chi connectivity index (χ3n) is 6.22. The zero-order chi connectivity index (χ0) is 19.9. The summed E-state index contributed by atoms with van der Waals surface area (Å²) in [6, 6.07) is 11.9. The highest BCUT2D eigenvalue weighted by atomic mass is 35.5. The average Bonchev–Trinajstić information content (AvgIpc) is 3.50. The third kappa shape index (κ3) is 3.62. The van der Waals surface area contributed by atoms with Gasteiger partial charge < -0.3 is 9.84 Å². The lowest BCUT2D eigenvalue weighted by Crippen LogP contribution is -2.44. The molecule has 2 unspecified atom stereocenters. The van der Waals surface area contributed by atoms with Crippen LogP contribution in [0, 0.1) is 23.1 Å².